The molecule has 1 aromatic carbocycles. The summed E-state index contributed by atoms with van der Waals surface area (Å²) in [5.74, 6) is 0.881. The number of aryl methyl sites for hydroxylation is 3. The zero-order chi connectivity index (χ0) is 18.4. The third-order valence-corrected chi connectivity index (χ3v) is 3.76. The Labute approximate surface area is 148 Å². The zero-order valence-corrected chi connectivity index (χ0v) is 15.2. The number of methoxy groups -OCH3 is 1. The lowest BCUT2D eigenvalue weighted by Gasteiger charge is -2.14. The minimum Gasteiger partial charge on any atom is -0.493 e. The van der Waals surface area contributed by atoms with Gasteiger partial charge in [-0.3, -0.25) is 9.78 Å². The average molecular weight is 340 g/mol. The van der Waals surface area contributed by atoms with E-state index in [4.69, 9.17) is 9.47 Å². The number of rotatable bonds is 7. The summed E-state index contributed by atoms with van der Waals surface area (Å²) in [6.45, 7) is 9.36. The molecule has 0 fully saturated rings. The first-order valence-electron chi connectivity index (χ1n) is 8.10. The van der Waals surface area contributed by atoms with Crippen molar-refractivity contribution in [1.82, 2.24) is 4.98 Å². The Bertz CT molecular complexity index is 762. The zero-order valence-electron chi connectivity index (χ0n) is 15.2. The van der Waals surface area contributed by atoms with Crippen molar-refractivity contribution in [1.29, 1.82) is 0 Å². The van der Waals surface area contributed by atoms with Crippen LogP contribution in [0.15, 0.2) is 36.9 Å². The molecule has 2 rings (SSSR count). The van der Waals surface area contributed by atoms with Crippen molar-refractivity contribution in [3.63, 3.8) is 0 Å². The van der Waals surface area contributed by atoms with Crippen molar-refractivity contribution >= 4 is 11.6 Å². The van der Waals surface area contributed by atoms with E-state index in [1.807, 2.05) is 45.0 Å². The molecule has 25 heavy (non-hydrogen) atoms. The van der Waals surface area contributed by atoms with Gasteiger partial charge in [-0.15, -0.1) is 6.58 Å². The predicted molar refractivity (Wildman–Crippen MR) is 99.5 cm³/mol. The van der Waals surface area contributed by atoms with Gasteiger partial charge in [0.05, 0.1) is 18.5 Å². The summed E-state index contributed by atoms with van der Waals surface area (Å²) >= 11 is 0. The molecule has 1 heterocycles. The van der Waals surface area contributed by atoms with Crippen molar-refractivity contribution in [3.8, 4) is 11.5 Å². The highest BCUT2D eigenvalue weighted by atomic mass is 16.5. The monoisotopic (exact) mass is 340 g/mol. The second kappa shape index (κ2) is 8.33. The lowest BCUT2D eigenvalue weighted by Crippen LogP contribution is -2.21. The molecule has 0 aliphatic rings. The van der Waals surface area contributed by atoms with Gasteiger partial charge < -0.3 is 14.8 Å². The van der Waals surface area contributed by atoms with Gasteiger partial charge in [0, 0.05) is 5.69 Å². The number of pyridine rings is 1. The van der Waals surface area contributed by atoms with Crippen LogP contribution >= 0.6 is 0 Å². The quantitative estimate of drug-likeness (QED) is 0.780. The maximum Gasteiger partial charge on any atom is 0.262 e. The van der Waals surface area contributed by atoms with Crippen LogP contribution in [0.5, 0.6) is 11.5 Å². The van der Waals surface area contributed by atoms with E-state index >= 15 is 0 Å². The van der Waals surface area contributed by atoms with Crippen molar-refractivity contribution < 1.29 is 14.3 Å². The van der Waals surface area contributed by atoms with Gasteiger partial charge in [0.1, 0.15) is 0 Å². The Morgan fingerprint density at radius 2 is 2.00 bits per heavy atom. The number of amides is 1. The minimum atomic E-state index is -0.242. The highest BCUT2D eigenvalue weighted by Crippen LogP contribution is 2.28. The summed E-state index contributed by atoms with van der Waals surface area (Å²) < 4.78 is 10.9. The van der Waals surface area contributed by atoms with Crippen LogP contribution in [0, 0.1) is 20.8 Å². The van der Waals surface area contributed by atoms with E-state index in [1.165, 1.54) is 0 Å². The number of carbonyl (C=O) groups excluding carboxylic acids is 1. The summed E-state index contributed by atoms with van der Waals surface area (Å²) in [5, 5.41) is 2.86. The molecule has 5 nitrogen and oxygen atoms in total. The number of nitrogens with zero attached hydrogens (tertiary/aromatic N) is 1. The lowest BCUT2D eigenvalue weighted by molar-refractivity contribution is -0.118. The summed E-state index contributed by atoms with van der Waals surface area (Å²) in [5.41, 5.74) is 4.49. The molecule has 1 N–H and O–H groups in total. The topological polar surface area (TPSA) is 60.5 Å². The van der Waals surface area contributed by atoms with Gasteiger partial charge in [-0.2, -0.15) is 0 Å². The molecule has 0 aliphatic heterocycles. The first-order valence-corrected chi connectivity index (χ1v) is 8.10. The number of hydrogen-bond acceptors (Lipinski definition) is 4. The van der Waals surface area contributed by atoms with Crippen LogP contribution in [0.2, 0.25) is 0 Å². The Balaban J connectivity index is 2.04. The van der Waals surface area contributed by atoms with Gasteiger partial charge in [0.15, 0.2) is 18.1 Å². The first kappa shape index (κ1) is 18.5. The molecule has 0 spiro atoms. The van der Waals surface area contributed by atoms with E-state index < -0.39 is 0 Å². The van der Waals surface area contributed by atoms with Crippen LogP contribution in [0.1, 0.15) is 22.5 Å². The molecule has 0 radical (unpaired) electrons. The van der Waals surface area contributed by atoms with Gasteiger partial charge in [-0.25, -0.2) is 0 Å². The van der Waals surface area contributed by atoms with Crippen LogP contribution in [-0.4, -0.2) is 24.6 Å². The highest BCUT2D eigenvalue weighted by molar-refractivity contribution is 5.93. The number of allylic oxidation sites excluding steroid dienone is 1. The van der Waals surface area contributed by atoms with E-state index in [9.17, 15) is 4.79 Å². The number of aromatic nitrogens is 1. The van der Waals surface area contributed by atoms with Gasteiger partial charge in [-0.1, -0.05) is 12.1 Å². The summed E-state index contributed by atoms with van der Waals surface area (Å²) in [6, 6.07) is 7.54. The van der Waals surface area contributed by atoms with Gasteiger partial charge in [-0.05, 0) is 56.5 Å². The van der Waals surface area contributed by atoms with E-state index in [2.05, 4.69) is 16.9 Å². The lowest BCUT2D eigenvalue weighted by atomic mass is 10.1. The second-order valence-corrected chi connectivity index (χ2v) is 5.86. The molecule has 0 aliphatic carbocycles. The number of carbonyl (C=O) groups is 1. The standard InChI is InChI=1S/C20H24N2O3/c1-6-7-16-8-9-17(18(11-16)24-5)25-12-19(23)22-20-13(2)10-14(3)21-15(20)4/h6,8-11H,1,7,12H2,2-5H3,(H,22,23). The largest absolute Gasteiger partial charge is 0.493 e. The smallest absolute Gasteiger partial charge is 0.262 e. The molecule has 2 aromatic rings. The summed E-state index contributed by atoms with van der Waals surface area (Å²) in [4.78, 5) is 16.6. The molecule has 1 amide bonds. The van der Waals surface area contributed by atoms with Crippen LogP contribution in [0.3, 0.4) is 0 Å². The molecule has 132 valence electrons. The molecule has 1 aromatic heterocycles. The first-order chi connectivity index (χ1) is 11.9. The van der Waals surface area contributed by atoms with Gasteiger partial charge in [0.25, 0.3) is 5.91 Å². The number of nitrogens with one attached hydrogen (secondary N) is 1. The summed E-state index contributed by atoms with van der Waals surface area (Å²) in [6.07, 6.45) is 2.57. The molecule has 0 bridgehead atoms. The second-order valence-electron chi connectivity index (χ2n) is 5.86. The number of anilines is 1. The summed E-state index contributed by atoms with van der Waals surface area (Å²) in [7, 11) is 1.57. The molecular formula is C20H24N2O3. The number of benzene rings is 1. The Morgan fingerprint density at radius 3 is 2.64 bits per heavy atom. The third kappa shape index (κ3) is 4.83. The average Bonchev–Trinajstić information content (AvgIpc) is 2.57. The van der Waals surface area contributed by atoms with Gasteiger partial charge in [0.2, 0.25) is 0 Å². The maximum atomic E-state index is 12.2. The SMILES string of the molecule is C=CCc1ccc(OCC(=O)Nc2c(C)cc(C)nc2C)c(OC)c1. The Kier molecular flexibility index (Phi) is 6.17. The van der Waals surface area contributed by atoms with Crippen LogP contribution < -0.4 is 14.8 Å². The van der Waals surface area contributed by atoms with E-state index in [1.54, 1.807) is 13.2 Å². The van der Waals surface area contributed by atoms with E-state index in [0.717, 1.165) is 34.6 Å². The molecule has 0 saturated carbocycles. The number of hydrogen-bond donors (Lipinski definition) is 1. The maximum absolute atomic E-state index is 12.2. The van der Waals surface area contributed by atoms with Crippen molar-refractivity contribution in [2.75, 3.05) is 19.0 Å². The van der Waals surface area contributed by atoms with Gasteiger partial charge >= 0.3 is 0 Å². The Hall–Kier alpha value is -2.82. The minimum absolute atomic E-state index is 0.107. The molecule has 5 heteroatoms. The number of ether oxygens (including phenoxy) is 2. The van der Waals surface area contributed by atoms with Crippen LogP contribution in [0.25, 0.3) is 0 Å². The fraction of sp³-hybridized carbons (Fsp3) is 0.300. The predicted octanol–water partition coefficient (Wildman–Crippen LogP) is 3.76. The normalized spacial score (nSPS) is 10.2. The fourth-order valence-electron chi connectivity index (χ4n) is 2.66. The third-order valence-electron chi connectivity index (χ3n) is 3.76. The molecule has 0 unspecified atom stereocenters. The fourth-order valence-corrected chi connectivity index (χ4v) is 2.66. The highest BCUT2D eigenvalue weighted by Gasteiger charge is 2.12. The van der Waals surface area contributed by atoms with Crippen molar-refractivity contribution in [2.24, 2.45) is 0 Å². The molecule has 0 saturated heterocycles. The Morgan fingerprint density at radius 1 is 1.24 bits per heavy atom. The van der Waals surface area contributed by atoms with E-state index in [0.29, 0.717) is 11.5 Å². The van der Waals surface area contributed by atoms with Crippen LogP contribution in [-0.2, 0) is 11.2 Å². The molecule has 0 atom stereocenters. The van der Waals surface area contributed by atoms with Crippen molar-refractivity contribution in [3.05, 3.63) is 59.4 Å². The molecular weight excluding hydrogens is 316 g/mol. The van der Waals surface area contributed by atoms with Crippen molar-refractivity contribution in [2.45, 2.75) is 27.2 Å². The van der Waals surface area contributed by atoms with Crippen LogP contribution in [0.4, 0.5) is 5.69 Å². The van der Waals surface area contributed by atoms with E-state index in [-0.39, 0.29) is 12.5 Å².